The van der Waals surface area contributed by atoms with E-state index >= 15 is 0 Å². The first-order chi connectivity index (χ1) is 10.8. The summed E-state index contributed by atoms with van der Waals surface area (Å²) in [5.41, 5.74) is 0. The Labute approximate surface area is 133 Å². The summed E-state index contributed by atoms with van der Waals surface area (Å²) in [5.74, 6) is 1.83. The summed E-state index contributed by atoms with van der Waals surface area (Å²) in [6.07, 6.45) is 12.3. The maximum atomic E-state index is 12.3. The molecule has 2 amide bonds. The first-order valence-corrected chi connectivity index (χ1v) is 8.78. The first-order valence-electron chi connectivity index (χ1n) is 8.78. The zero-order valence-corrected chi connectivity index (χ0v) is 13.6. The molecule has 1 aliphatic carbocycles. The number of aromatic nitrogens is 2. The van der Waals surface area contributed by atoms with Crippen molar-refractivity contribution in [2.45, 2.75) is 64.5 Å². The molecule has 2 aliphatic rings. The summed E-state index contributed by atoms with van der Waals surface area (Å²) in [6, 6.07) is 0.676. The minimum Gasteiger partial charge on any atom is -0.338 e. The summed E-state index contributed by atoms with van der Waals surface area (Å²) in [6.45, 7) is 4.74. The Hall–Kier alpha value is -1.52. The molecule has 0 unspecified atom stereocenters. The van der Waals surface area contributed by atoms with Gasteiger partial charge in [0.25, 0.3) is 0 Å². The second kappa shape index (κ2) is 7.16. The van der Waals surface area contributed by atoms with E-state index in [1.54, 1.807) is 0 Å². The van der Waals surface area contributed by atoms with E-state index in [0.717, 1.165) is 44.2 Å². The molecule has 2 fully saturated rings. The molecule has 3 rings (SSSR count). The third-order valence-electron chi connectivity index (χ3n) is 5.30. The van der Waals surface area contributed by atoms with Gasteiger partial charge in [-0.2, -0.15) is 0 Å². The third-order valence-corrected chi connectivity index (χ3v) is 5.30. The van der Waals surface area contributed by atoms with E-state index < -0.39 is 0 Å². The minimum atomic E-state index is 0.160. The van der Waals surface area contributed by atoms with Crippen molar-refractivity contribution >= 4 is 6.03 Å². The van der Waals surface area contributed by atoms with E-state index in [0.29, 0.717) is 6.04 Å². The molecule has 5 heteroatoms. The number of unbranched alkanes of at least 4 members (excludes halogenated alkanes) is 1. The lowest BCUT2D eigenvalue weighted by Gasteiger charge is -2.31. The fraction of sp³-hybridized carbons (Fsp3) is 0.765. The topological polar surface area (TPSA) is 50.2 Å². The summed E-state index contributed by atoms with van der Waals surface area (Å²) >= 11 is 0. The van der Waals surface area contributed by atoms with Crippen molar-refractivity contribution in [1.82, 2.24) is 19.8 Å². The van der Waals surface area contributed by atoms with Crippen LogP contribution in [0.5, 0.6) is 0 Å². The molecule has 0 radical (unpaired) electrons. The highest BCUT2D eigenvalue weighted by Crippen LogP contribution is 2.35. The second-order valence-electron chi connectivity index (χ2n) is 6.70. The number of nitrogens with zero attached hydrogens (tertiary/aromatic N) is 3. The second-order valence-corrected chi connectivity index (χ2v) is 6.70. The standard InChI is InChI=1S/C17H28N4O/c1-14-18-10-13-20(14)11-5-4-9-19-17(22)21-12-8-15-6-2-3-7-16(15)21/h10,13,15-16H,2-9,11-12H2,1H3,(H,19,22)/t15-,16+/m0/s1. The SMILES string of the molecule is Cc1nccn1CCCCNC(=O)N1CC[C@@H]2CCCC[C@H]21. The number of aryl methyl sites for hydroxylation is 2. The Morgan fingerprint density at radius 2 is 2.18 bits per heavy atom. The van der Waals surface area contributed by atoms with Crippen molar-refractivity contribution in [3.63, 3.8) is 0 Å². The molecule has 2 heterocycles. The van der Waals surface area contributed by atoms with E-state index in [1.165, 1.54) is 32.1 Å². The van der Waals surface area contributed by atoms with Crippen LogP contribution in [-0.2, 0) is 6.54 Å². The van der Waals surface area contributed by atoms with Gasteiger partial charge in [0, 0.05) is 38.1 Å². The van der Waals surface area contributed by atoms with E-state index in [4.69, 9.17) is 0 Å². The van der Waals surface area contributed by atoms with Gasteiger partial charge in [-0.25, -0.2) is 9.78 Å². The number of hydrogen-bond acceptors (Lipinski definition) is 2. The number of nitrogens with one attached hydrogen (secondary N) is 1. The number of carbonyl (C=O) groups excluding carboxylic acids is 1. The van der Waals surface area contributed by atoms with Gasteiger partial charge in [-0.15, -0.1) is 0 Å². The molecule has 1 saturated heterocycles. The number of amides is 2. The predicted octanol–water partition coefficient (Wildman–Crippen LogP) is 2.95. The van der Waals surface area contributed by atoms with Crippen molar-refractivity contribution in [2.75, 3.05) is 13.1 Å². The fourth-order valence-corrected chi connectivity index (χ4v) is 4.00. The third kappa shape index (κ3) is 3.45. The predicted molar refractivity (Wildman–Crippen MR) is 86.7 cm³/mol. The molecule has 1 aromatic rings. The van der Waals surface area contributed by atoms with E-state index in [1.807, 2.05) is 19.3 Å². The lowest BCUT2D eigenvalue weighted by Crippen LogP contribution is -2.45. The van der Waals surface area contributed by atoms with Gasteiger partial charge >= 0.3 is 6.03 Å². The molecule has 1 aromatic heterocycles. The number of urea groups is 1. The van der Waals surface area contributed by atoms with Gasteiger partial charge in [-0.1, -0.05) is 12.8 Å². The number of rotatable bonds is 5. The number of imidazole rings is 1. The monoisotopic (exact) mass is 304 g/mol. The van der Waals surface area contributed by atoms with Crippen molar-refractivity contribution in [3.05, 3.63) is 18.2 Å². The quantitative estimate of drug-likeness (QED) is 0.850. The highest BCUT2D eigenvalue weighted by Gasteiger charge is 2.37. The molecule has 1 N–H and O–H groups in total. The molecule has 1 saturated carbocycles. The summed E-state index contributed by atoms with van der Waals surface area (Å²) in [4.78, 5) is 18.7. The van der Waals surface area contributed by atoms with Crippen LogP contribution in [0.2, 0.25) is 0 Å². The van der Waals surface area contributed by atoms with Crippen LogP contribution in [0.15, 0.2) is 12.4 Å². The molecule has 0 aromatic carbocycles. The molecule has 0 spiro atoms. The molecule has 1 aliphatic heterocycles. The zero-order valence-electron chi connectivity index (χ0n) is 13.6. The maximum Gasteiger partial charge on any atom is 0.317 e. The Kier molecular flexibility index (Phi) is 5.01. The van der Waals surface area contributed by atoms with Crippen LogP contribution in [0.1, 0.15) is 50.8 Å². The Morgan fingerprint density at radius 1 is 1.32 bits per heavy atom. The smallest absolute Gasteiger partial charge is 0.317 e. The Bertz CT molecular complexity index is 499. The van der Waals surface area contributed by atoms with E-state index in [-0.39, 0.29) is 6.03 Å². The summed E-state index contributed by atoms with van der Waals surface area (Å²) in [5, 5.41) is 3.11. The average molecular weight is 304 g/mol. The van der Waals surface area contributed by atoms with Crippen LogP contribution in [0.3, 0.4) is 0 Å². The van der Waals surface area contributed by atoms with Gasteiger partial charge in [0.05, 0.1) is 0 Å². The number of fused-ring (bicyclic) bond motifs is 1. The molecular formula is C17H28N4O. The lowest BCUT2D eigenvalue weighted by atomic mass is 9.85. The Morgan fingerprint density at radius 3 is 3.00 bits per heavy atom. The van der Waals surface area contributed by atoms with E-state index in [9.17, 15) is 4.79 Å². The molecule has 122 valence electrons. The van der Waals surface area contributed by atoms with Crippen molar-refractivity contribution in [2.24, 2.45) is 5.92 Å². The minimum absolute atomic E-state index is 0.160. The van der Waals surface area contributed by atoms with Crippen LogP contribution in [-0.4, -0.2) is 39.6 Å². The molecule has 2 atom stereocenters. The molecule has 5 nitrogen and oxygen atoms in total. The Balaban J connectivity index is 1.35. The highest BCUT2D eigenvalue weighted by atomic mass is 16.2. The zero-order chi connectivity index (χ0) is 15.4. The molecular weight excluding hydrogens is 276 g/mol. The van der Waals surface area contributed by atoms with Crippen LogP contribution in [0.4, 0.5) is 4.79 Å². The lowest BCUT2D eigenvalue weighted by molar-refractivity contribution is 0.170. The summed E-state index contributed by atoms with van der Waals surface area (Å²) in [7, 11) is 0. The fourth-order valence-electron chi connectivity index (χ4n) is 4.00. The first kappa shape index (κ1) is 15.4. The van der Waals surface area contributed by atoms with Crippen LogP contribution in [0.25, 0.3) is 0 Å². The largest absolute Gasteiger partial charge is 0.338 e. The van der Waals surface area contributed by atoms with Crippen molar-refractivity contribution in [1.29, 1.82) is 0 Å². The average Bonchev–Trinajstić information content (AvgIpc) is 3.13. The van der Waals surface area contributed by atoms with Crippen LogP contribution < -0.4 is 5.32 Å². The molecule has 22 heavy (non-hydrogen) atoms. The van der Waals surface area contributed by atoms with Gasteiger partial charge in [-0.3, -0.25) is 0 Å². The normalized spacial score (nSPS) is 24.3. The van der Waals surface area contributed by atoms with Gasteiger partial charge in [-0.05, 0) is 44.9 Å². The van der Waals surface area contributed by atoms with Crippen LogP contribution in [0, 0.1) is 12.8 Å². The van der Waals surface area contributed by atoms with Gasteiger partial charge < -0.3 is 14.8 Å². The summed E-state index contributed by atoms with van der Waals surface area (Å²) < 4.78 is 2.16. The highest BCUT2D eigenvalue weighted by molar-refractivity contribution is 5.74. The van der Waals surface area contributed by atoms with Gasteiger partial charge in [0.2, 0.25) is 0 Å². The maximum absolute atomic E-state index is 12.3. The van der Waals surface area contributed by atoms with Crippen molar-refractivity contribution in [3.8, 4) is 0 Å². The number of likely N-dealkylation sites (tertiary alicyclic amines) is 1. The van der Waals surface area contributed by atoms with Gasteiger partial charge in [0.1, 0.15) is 5.82 Å². The van der Waals surface area contributed by atoms with E-state index in [2.05, 4.69) is 19.8 Å². The van der Waals surface area contributed by atoms with Crippen molar-refractivity contribution < 1.29 is 4.79 Å². The number of carbonyl (C=O) groups is 1. The van der Waals surface area contributed by atoms with Gasteiger partial charge in [0.15, 0.2) is 0 Å². The van der Waals surface area contributed by atoms with Crippen LogP contribution >= 0.6 is 0 Å². The molecule has 0 bridgehead atoms. The number of hydrogen-bond donors (Lipinski definition) is 1.